The molecule has 0 aliphatic carbocycles. The lowest BCUT2D eigenvalue weighted by Gasteiger charge is -2.23. The zero-order chi connectivity index (χ0) is 14.1. The van der Waals surface area contributed by atoms with E-state index in [4.69, 9.17) is 5.73 Å². The van der Waals surface area contributed by atoms with Crippen LogP contribution >= 0.6 is 0 Å². The predicted molar refractivity (Wildman–Crippen MR) is 52.3 cm³/mol. The summed E-state index contributed by atoms with van der Waals surface area (Å²) in [6, 6.07) is 2.28. The average molecular weight is 273 g/mol. The van der Waals surface area contributed by atoms with Crippen molar-refractivity contribution in [3.8, 4) is 5.75 Å². The Labute approximate surface area is 98.3 Å². The molecule has 8 heteroatoms. The molecule has 0 amide bonds. The normalized spacial score (nSPS) is 12.9. The zero-order valence-electron chi connectivity index (χ0n) is 9.06. The Bertz CT molecular complexity index is 411. The minimum Gasteiger partial charge on any atom is -0.495 e. The molecule has 0 atom stereocenters. The SMILES string of the molecule is COc1ccc(C(C(F)(F)F)C(F)(F)F)cc1N. The van der Waals surface area contributed by atoms with Gasteiger partial charge in [0, 0.05) is 0 Å². The van der Waals surface area contributed by atoms with Crippen molar-refractivity contribution >= 4 is 5.69 Å². The van der Waals surface area contributed by atoms with Gasteiger partial charge in [-0.1, -0.05) is 6.07 Å². The molecular weight excluding hydrogens is 264 g/mol. The summed E-state index contributed by atoms with van der Waals surface area (Å²) in [7, 11) is 1.20. The van der Waals surface area contributed by atoms with Crippen molar-refractivity contribution in [3.05, 3.63) is 23.8 Å². The molecule has 102 valence electrons. The van der Waals surface area contributed by atoms with Crippen LogP contribution in [-0.2, 0) is 0 Å². The molecule has 18 heavy (non-hydrogen) atoms. The Morgan fingerprint density at radius 3 is 1.89 bits per heavy atom. The summed E-state index contributed by atoms with van der Waals surface area (Å²) >= 11 is 0. The second-order valence-electron chi connectivity index (χ2n) is 3.52. The van der Waals surface area contributed by atoms with Crippen LogP contribution in [-0.4, -0.2) is 19.5 Å². The molecule has 2 N–H and O–H groups in total. The minimum atomic E-state index is -5.43. The molecule has 0 unspecified atom stereocenters. The summed E-state index contributed by atoms with van der Waals surface area (Å²) in [5.41, 5.74) is 4.05. The van der Waals surface area contributed by atoms with E-state index in [-0.39, 0.29) is 11.4 Å². The van der Waals surface area contributed by atoms with Gasteiger partial charge in [-0.3, -0.25) is 0 Å². The highest BCUT2D eigenvalue weighted by Gasteiger charge is 2.57. The monoisotopic (exact) mass is 273 g/mol. The first-order chi connectivity index (χ1) is 8.07. The van der Waals surface area contributed by atoms with Crippen LogP contribution in [0.3, 0.4) is 0 Å². The van der Waals surface area contributed by atoms with Crippen molar-refractivity contribution in [1.82, 2.24) is 0 Å². The van der Waals surface area contributed by atoms with Crippen LogP contribution in [0.1, 0.15) is 11.5 Å². The highest BCUT2D eigenvalue weighted by Crippen LogP contribution is 2.47. The number of rotatable bonds is 2. The second-order valence-corrected chi connectivity index (χ2v) is 3.52. The largest absolute Gasteiger partial charge is 0.495 e. The number of nitrogens with two attached hydrogens (primary N) is 1. The molecular formula is C10H9F6NO. The van der Waals surface area contributed by atoms with Gasteiger partial charge in [-0.05, 0) is 17.7 Å². The first-order valence-electron chi connectivity index (χ1n) is 4.64. The van der Waals surface area contributed by atoms with Gasteiger partial charge in [0.05, 0.1) is 12.8 Å². The van der Waals surface area contributed by atoms with Crippen molar-refractivity contribution in [2.45, 2.75) is 18.3 Å². The van der Waals surface area contributed by atoms with Crippen molar-refractivity contribution < 1.29 is 31.1 Å². The van der Waals surface area contributed by atoms with Gasteiger partial charge in [0.25, 0.3) is 0 Å². The highest BCUT2D eigenvalue weighted by atomic mass is 19.4. The third kappa shape index (κ3) is 2.99. The van der Waals surface area contributed by atoms with Crippen molar-refractivity contribution in [3.63, 3.8) is 0 Å². The van der Waals surface area contributed by atoms with E-state index in [1.807, 2.05) is 0 Å². The average Bonchev–Trinajstić information content (AvgIpc) is 2.13. The van der Waals surface area contributed by atoms with Crippen LogP contribution in [0.5, 0.6) is 5.75 Å². The van der Waals surface area contributed by atoms with Gasteiger partial charge in [0.1, 0.15) is 5.75 Å². The van der Waals surface area contributed by atoms with Crippen molar-refractivity contribution in [2.75, 3.05) is 12.8 Å². The summed E-state index contributed by atoms with van der Waals surface area (Å²) in [6.45, 7) is 0. The Morgan fingerprint density at radius 1 is 1.06 bits per heavy atom. The maximum Gasteiger partial charge on any atom is 0.404 e. The van der Waals surface area contributed by atoms with Gasteiger partial charge in [-0.15, -0.1) is 0 Å². The zero-order valence-corrected chi connectivity index (χ0v) is 9.06. The van der Waals surface area contributed by atoms with Crippen LogP contribution in [0.15, 0.2) is 18.2 Å². The van der Waals surface area contributed by atoms with Gasteiger partial charge >= 0.3 is 12.4 Å². The van der Waals surface area contributed by atoms with E-state index in [2.05, 4.69) is 4.74 Å². The second kappa shape index (κ2) is 4.58. The molecule has 0 radical (unpaired) electrons. The molecule has 0 aliphatic rings. The predicted octanol–water partition coefficient (Wildman–Crippen LogP) is 3.49. The van der Waals surface area contributed by atoms with Crippen molar-refractivity contribution in [1.29, 1.82) is 0 Å². The lowest BCUT2D eigenvalue weighted by molar-refractivity contribution is -0.253. The molecule has 0 saturated carbocycles. The Kier molecular flexibility index (Phi) is 3.68. The van der Waals surface area contributed by atoms with Gasteiger partial charge < -0.3 is 10.5 Å². The van der Waals surface area contributed by atoms with Crippen LogP contribution in [0.25, 0.3) is 0 Å². The van der Waals surface area contributed by atoms with E-state index < -0.39 is 23.8 Å². The summed E-state index contributed by atoms with van der Waals surface area (Å²) in [5, 5.41) is 0. The molecule has 0 heterocycles. The number of methoxy groups -OCH3 is 1. The van der Waals surface area contributed by atoms with Gasteiger partial charge in [0.15, 0.2) is 5.92 Å². The maximum atomic E-state index is 12.4. The van der Waals surface area contributed by atoms with Gasteiger partial charge in [0.2, 0.25) is 0 Å². The van der Waals surface area contributed by atoms with Crippen LogP contribution in [0.4, 0.5) is 32.0 Å². The molecule has 2 nitrogen and oxygen atoms in total. The summed E-state index contributed by atoms with van der Waals surface area (Å²) in [5.74, 6) is -3.54. The summed E-state index contributed by atoms with van der Waals surface area (Å²) < 4.78 is 79.2. The van der Waals surface area contributed by atoms with Crippen molar-refractivity contribution in [2.24, 2.45) is 0 Å². The molecule has 0 fully saturated rings. The quantitative estimate of drug-likeness (QED) is 0.661. The number of nitrogen functional groups attached to an aromatic ring is 1. The fourth-order valence-corrected chi connectivity index (χ4v) is 1.50. The molecule has 1 aromatic carbocycles. The maximum absolute atomic E-state index is 12.4. The molecule has 0 aliphatic heterocycles. The molecule has 1 rings (SSSR count). The number of benzene rings is 1. The molecule has 0 bridgehead atoms. The third-order valence-electron chi connectivity index (χ3n) is 2.24. The number of hydrogen-bond donors (Lipinski definition) is 1. The number of hydrogen-bond acceptors (Lipinski definition) is 2. The first kappa shape index (κ1) is 14.5. The van der Waals surface area contributed by atoms with Gasteiger partial charge in [-0.25, -0.2) is 0 Å². The van der Waals surface area contributed by atoms with E-state index in [9.17, 15) is 26.3 Å². The number of halogens is 6. The highest BCUT2D eigenvalue weighted by molar-refractivity contribution is 5.55. The standard InChI is InChI=1S/C10H9F6NO/c1-18-7-3-2-5(4-6(7)17)8(9(11,12)13)10(14,15)16/h2-4,8H,17H2,1H3. The number of anilines is 1. The lowest BCUT2D eigenvalue weighted by Crippen LogP contribution is -2.34. The topological polar surface area (TPSA) is 35.2 Å². The molecule has 0 spiro atoms. The van der Waals surface area contributed by atoms with E-state index >= 15 is 0 Å². The lowest BCUT2D eigenvalue weighted by atomic mass is 9.97. The third-order valence-corrected chi connectivity index (χ3v) is 2.24. The summed E-state index contributed by atoms with van der Waals surface area (Å²) in [4.78, 5) is 0. The fraction of sp³-hybridized carbons (Fsp3) is 0.400. The van der Waals surface area contributed by atoms with Crippen LogP contribution in [0, 0.1) is 0 Å². The van der Waals surface area contributed by atoms with Crippen LogP contribution < -0.4 is 10.5 Å². The molecule has 0 aromatic heterocycles. The molecule has 0 saturated heterocycles. The summed E-state index contributed by atoms with van der Waals surface area (Å²) in [6.07, 6.45) is -10.9. The van der Waals surface area contributed by atoms with Gasteiger partial charge in [-0.2, -0.15) is 26.3 Å². The van der Waals surface area contributed by atoms with E-state index in [1.54, 1.807) is 0 Å². The first-order valence-corrected chi connectivity index (χ1v) is 4.64. The smallest absolute Gasteiger partial charge is 0.404 e. The number of ether oxygens (including phenoxy) is 1. The Balaban J connectivity index is 3.28. The minimum absolute atomic E-state index is 0.0156. The molecule has 1 aromatic rings. The van der Waals surface area contributed by atoms with Crippen LogP contribution in [0.2, 0.25) is 0 Å². The van der Waals surface area contributed by atoms with E-state index in [1.165, 1.54) is 7.11 Å². The Morgan fingerprint density at radius 2 is 1.56 bits per heavy atom. The number of alkyl halides is 6. The fourth-order valence-electron chi connectivity index (χ4n) is 1.50. The van der Waals surface area contributed by atoms with E-state index in [0.29, 0.717) is 12.1 Å². The van der Waals surface area contributed by atoms with E-state index in [0.717, 1.165) is 6.07 Å². The Hall–Kier alpha value is -1.60.